The number of piperidine rings is 1. The second-order valence-electron chi connectivity index (χ2n) is 7.16. The maximum absolute atomic E-state index is 14.3. The monoisotopic (exact) mass is 448 g/mol. The Bertz CT molecular complexity index is 756. The molecule has 0 bridgehead atoms. The summed E-state index contributed by atoms with van der Waals surface area (Å²) in [5, 5.41) is 6.59. The predicted octanol–water partition coefficient (Wildman–Crippen LogP) is 6.05. The van der Waals surface area contributed by atoms with Crippen LogP contribution < -0.4 is 10.6 Å². The number of alkyl halides is 1. The van der Waals surface area contributed by atoms with Gasteiger partial charge in [0.2, 0.25) is 0 Å². The Kier molecular flexibility index (Phi) is 12.3. The molecule has 0 aromatic heterocycles. The molecule has 4 rings (SSSR count). The largest absolute Gasteiger partial charge is 0.316 e. The molecule has 30 heavy (non-hydrogen) atoms. The first-order chi connectivity index (χ1) is 13.8. The van der Waals surface area contributed by atoms with Crippen molar-refractivity contribution in [1.29, 1.82) is 0 Å². The van der Waals surface area contributed by atoms with Crippen molar-refractivity contribution in [3.05, 3.63) is 108 Å². The lowest BCUT2D eigenvalue weighted by molar-refractivity contribution is 0.115. The van der Waals surface area contributed by atoms with Crippen LogP contribution in [0.5, 0.6) is 0 Å². The second-order valence-corrected chi connectivity index (χ2v) is 7.16. The maximum Gasteiger partial charge on any atom is 0.138 e. The molecule has 2 nitrogen and oxygen atoms in total. The van der Waals surface area contributed by atoms with Crippen molar-refractivity contribution in [3.8, 4) is 0 Å². The third-order valence-corrected chi connectivity index (χ3v) is 5.03. The van der Waals surface area contributed by atoms with Crippen LogP contribution in [0.2, 0.25) is 0 Å². The van der Waals surface area contributed by atoms with Gasteiger partial charge in [-0.25, -0.2) is 4.39 Å². The van der Waals surface area contributed by atoms with Gasteiger partial charge in [-0.3, -0.25) is 0 Å². The molecule has 1 fully saturated rings. The van der Waals surface area contributed by atoms with Crippen LogP contribution in [-0.4, -0.2) is 13.1 Å². The van der Waals surface area contributed by atoms with Gasteiger partial charge in [-0.2, -0.15) is 0 Å². The minimum Gasteiger partial charge on any atom is -0.316 e. The molecule has 0 spiro atoms. The Morgan fingerprint density at radius 3 is 1.50 bits per heavy atom. The van der Waals surface area contributed by atoms with Crippen LogP contribution in [0.4, 0.5) is 4.39 Å². The zero-order chi connectivity index (χ0) is 19.5. The highest BCUT2D eigenvalue weighted by Crippen LogP contribution is 2.34. The summed E-state index contributed by atoms with van der Waals surface area (Å²) in [6, 6.07) is 30.4. The van der Waals surface area contributed by atoms with Gasteiger partial charge >= 0.3 is 0 Å². The van der Waals surface area contributed by atoms with Crippen LogP contribution in [0.3, 0.4) is 0 Å². The topological polar surface area (TPSA) is 24.1 Å². The Hall–Kier alpha value is -1.91. The van der Waals surface area contributed by atoms with Gasteiger partial charge in [0.15, 0.2) is 0 Å². The van der Waals surface area contributed by atoms with E-state index in [0.29, 0.717) is 12.8 Å². The van der Waals surface area contributed by atoms with Crippen LogP contribution in [0.25, 0.3) is 0 Å². The summed E-state index contributed by atoms with van der Waals surface area (Å²) >= 11 is 0. The van der Waals surface area contributed by atoms with Crippen molar-refractivity contribution in [2.75, 3.05) is 13.1 Å². The van der Waals surface area contributed by atoms with Crippen molar-refractivity contribution < 1.29 is 4.39 Å². The van der Waals surface area contributed by atoms with Gasteiger partial charge in [0.25, 0.3) is 0 Å². The zero-order valence-corrected chi connectivity index (χ0v) is 18.7. The third-order valence-electron chi connectivity index (χ3n) is 5.03. The van der Waals surface area contributed by atoms with Gasteiger partial charge in [-0.05, 0) is 42.6 Å². The van der Waals surface area contributed by atoms with E-state index in [1.54, 1.807) is 0 Å². The van der Waals surface area contributed by atoms with E-state index in [1.165, 1.54) is 11.1 Å². The molecular weight excluding hydrogens is 418 g/mol. The molecule has 0 unspecified atom stereocenters. The van der Waals surface area contributed by atoms with E-state index in [9.17, 15) is 4.39 Å². The summed E-state index contributed by atoms with van der Waals surface area (Å²) in [4.78, 5) is 0. The lowest BCUT2D eigenvalue weighted by atomic mass is 9.87. The fourth-order valence-electron chi connectivity index (χ4n) is 3.39. The zero-order valence-electron chi connectivity index (χ0n) is 17.1. The quantitative estimate of drug-likeness (QED) is 0.495. The van der Waals surface area contributed by atoms with Crippen molar-refractivity contribution >= 4 is 24.8 Å². The molecule has 3 aromatic carbocycles. The third kappa shape index (κ3) is 8.45. The van der Waals surface area contributed by atoms with E-state index in [4.69, 9.17) is 0 Å². The molecule has 5 heteroatoms. The summed E-state index contributed by atoms with van der Waals surface area (Å²) in [6.45, 7) is 3.42. The lowest BCUT2D eigenvalue weighted by Gasteiger charge is -2.30. The molecule has 162 valence electrons. The van der Waals surface area contributed by atoms with E-state index >= 15 is 0 Å². The number of halogens is 3. The summed E-state index contributed by atoms with van der Waals surface area (Å²) in [5.74, 6) is 0. The summed E-state index contributed by atoms with van der Waals surface area (Å²) in [7, 11) is 0. The van der Waals surface area contributed by atoms with Gasteiger partial charge < -0.3 is 10.6 Å². The SMILES string of the molecule is Cl.Cl.FC1(c2ccccc2)CCNCC1.c1ccc(CNCc2ccccc2)cc1. The maximum atomic E-state index is 14.3. The minimum absolute atomic E-state index is 0. The minimum atomic E-state index is -1.09. The number of nitrogens with one attached hydrogen (secondary N) is 2. The number of hydrogen-bond acceptors (Lipinski definition) is 2. The molecule has 0 amide bonds. The highest BCUT2D eigenvalue weighted by atomic mass is 35.5. The first-order valence-electron chi connectivity index (χ1n) is 10.00. The Balaban J connectivity index is 0.000000284. The van der Waals surface area contributed by atoms with Gasteiger partial charge in [-0.1, -0.05) is 91.0 Å². The average Bonchev–Trinajstić information content (AvgIpc) is 2.77. The first kappa shape index (κ1) is 26.1. The molecule has 1 saturated heterocycles. The van der Waals surface area contributed by atoms with E-state index < -0.39 is 5.67 Å². The average molecular weight is 449 g/mol. The number of benzene rings is 3. The summed E-state index contributed by atoms with van der Waals surface area (Å²) in [6.07, 6.45) is 1.19. The molecule has 1 aliphatic heterocycles. The molecule has 1 heterocycles. The summed E-state index contributed by atoms with van der Waals surface area (Å²) < 4.78 is 14.3. The van der Waals surface area contributed by atoms with Crippen molar-refractivity contribution in [2.24, 2.45) is 0 Å². The Morgan fingerprint density at radius 2 is 1.07 bits per heavy atom. The molecular formula is C25H31Cl2FN2. The summed E-state index contributed by atoms with van der Waals surface area (Å²) in [5.41, 5.74) is 2.39. The molecule has 0 aliphatic carbocycles. The Morgan fingerprint density at radius 1 is 0.667 bits per heavy atom. The van der Waals surface area contributed by atoms with Crippen LogP contribution >= 0.6 is 24.8 Å². The fourth-order valence-corrected chi connectivity index (χ4v) is 3.39. The van der Waals surface area contributed by atoms with Crippen molar-refractivity contribution in [1.82, 2.24) is 10.6 Å². The second kappa shape index (κ2) is 14.2. The number of hydrogen-bond donors (Lipinski definition) is 2. The normalized spacial score (nSPS) is 14.3. The van der Waals surface area contributed by atoms with E-state index in [0.717, 1.165) is 31.7 Å². The molecule has 3 aromatic rings. The molecule has 2 N–H and O–H groups in total. The van der Waals surface area contributed by atoms with Gasteiger partial charge in [-0.15, -0.1) is 24.8 Å². The molecule has 0 saturated carbocycles. The highest BCUT2D eigenvalue weighted by Gasteiger charge is 2.33. The molecule has 0 radical (unpaired) electrons. The van der Waals surface area contributed by atoms with Crippen molar-refractivity contribution in [2.45, 2.75) is 31.6 Å². The van der Waals surface area contributed by atoms with Gasteiger partial charge in [0, 0.05) is 13.1 Å². The standard InChI is InChI=1S/C14H15N.C11H14FN.2ClH/c1-3-7-13(8-4-1)11-15-12-14-9-5-2-6-10-14;12-11(6-8-13-9-7-11)10-4-2-1-3-5-10;;/h1-10,15H,11-12H2;1-5,13H,6-9H2;2*1H. The van der Waals surface area contributed by atoms with Crippen LogP contribution in [-0.2, 0) is 18.8 Å². The number of rotatable bonds is 5. The molecule has 0 atom stereocenters. The highest BCUT2D eigenvalue weighted by molar-refractivity contribution is 5.85. The van der Waals surface area contributed by atoms with Crippen LogP contribution in [0, 0.1) is 0 Å². The van der Waals surface area contributed by atoms with E-state index in [-0.39, 0.29) is 24.8 Å². The van der Waals surface area contributed by atoms with E-state index in [1.807, 2.05) is 42.5 Å². The molecule has 1 aliphatic rings. The van der Waals surface area contributed by atoms with Crippen molar-refractivity contribution in [3.63, 3.8) is 0 Å². The Labute approximate surface area is 192 Å². The van der Waals surface area contributed by atoms with Gasteiger partial charge in [0.05, 0.1) is 0 Å². The fraction of sp³-hybridized carbons (Fsp3) is 0.280. The smallest absolute Gasteiger partial charge is 0.138 e. The van der Waals surface area contributed by atoms with Crippen LogP contribution in [0.1, 0.15) is 29.5 Å². The lowest BCUT2D eigenvalue weighted by Crippen LogP contribution is -2.36. The van der Waals surface area contributed by atoms with Gasteiger partial charge in [0.1, 0.15) is 5.67 Å². The van der Waals surface area contributed by atoms with Crippen LogP contribution in [0.15, 0.2) is 91.0 Å². The predicted molar refractivity (Wildman–Crippen MR) is 129 cm³/mol. The van der Waals surface area contributed by atoms with E-state index in [2.05, 4.69) is 59.2 Å². The first-order valence-corrected chi connectivity index (χ1v) is 10.00.